The van der Waals surface area contributed by atoms with E-state index in [1.54, 1.807) is 18.3 Å². The zero-order valence-electron chi connectivity index (χ0n) is 11.3. The van der Waals surface area contributed by atoms with Gasteiger partial charge in [-0.25, -0.2) is 9.97 Å². The first-order valence-corrected chi connectivity index (χ1v) is 6.29. The molecule has 0 unspecified atom stereocenters. The third kappa shape index (κ3) is 2.87. The summed E-state index contributed by atoms with van der Waals surface area (Å²) in [5.41, 5.74) is 1.60. The highest BCUT2D eigenvalue weighted by Gasteiger charge is 2.23. The molecular weight excluding hydrogens is 258 g/mol. The van der Waals surface area contributed by atoms with Crippen LogP contribution in [-0.2, 0) is 0 Å². The average molecular weight is 273 g/mol. The number of nitrogens with zero attached hydrogens (tertiary/aromatic N) is 4. The van der Waals surface area contributed by atoms with E-state index in [1.165, 1.54) is 6.33 Å². The van der Waals surface area contributed by atoms with Crippen molar-refractivity contribution < 1.29 is 4.92 Å². The Balaban J connectivity index is 2.51. The zero-order chi connectivity index (χ0) is 14.5. The Kier molecular flexibility index (Phi) is 4.19. The Morgan fingerprint density at radius 2 is 2.10 bits per heavy atom. The molecule has 0 fully saturated rings. The van der Waals surface area contributed by atoms with Gasteiger partial charge in [-0.05, 0) is 25.5 Å². The lowest BCUT2D eigenvalue weighted by atomic mass is 10.1. The quantitative estimate of drug-likeness (QED) is 0.664. The van der Waals surface area contributed by atoms with Gasteiger partial charge >= 0.3 is 5.69 Å². The fraction of sp³-hybridized carbons (Fsp3) is 0.308. The number of nitrogens with one attached hydrogen (secondary N) is 1. The molecule has 0 saturated heterocycles. The van der Waals surface area contributed by atoms with Crippen molar-refractivity contribution in [1.82, 2.24) is 15.0 Å². The van der Waals surface area contributed by atoms with E-state index in [0.717, 1.165) is 12.1 Å². The minimum atomic E-state index is -0.465. The first kappa shape index (κ1) is 13.9. The molecule has 7 nitrogen and oxygen atoms in total. The molecule has 20 heavy (non-hydrogen) atoms. The minimum Gasteiger partial charge on any atom is -0.364 e. The highest BCUT2D eigenvalue weighted by Crippen LogP contribution is 2.32. The Labute approximate surface area is 116 Å². The topological polar surface area (TPSA) is 93.8 Å². The van der Waals surface area contributed by atoms with Gasteiger partial charge in [-0.1, -0.05) is 6.92 Å². The van der Waals surface area contributed by atoms with Gasteiger partial charge in [-0.2, -0.15) is 0 Å². The maximum atomic E-state index is 11.3. The summed E-state index contributed by atoms with van der Waals surface area (Å²) in [7, 11) is 0. The Morgan fingerprint density at radius 3 is 2.70 bits per heavy atom. The van der Waals surface area contributed by atoms with E-state index >= 15 is 0 Å². The molecule has 0 spiro atoms. The van der Waals surface area contributed by atoms with Gasteiger partial charge in [-0.3, -0.25) is 15.1 Å². The van der Waals surface area contributed by atoms with Crippen LogP contribution >= 0.6 is 0 Å². The lowest BCUT2D eigenvalue weighted by molar-refractivity contribution is -0.383. The molecule has 2 aromatic heterocycles. The van der Waals surface area contributed by atoms with Crippen LogP contribution in [0.3, 0.4) is 0 Å². The van der Waals surface area contributed by atoms with Gasteiger partial charge in [0.25, 0.3) is 0 Å². The van der Waals surface area contributed by atoms with Crippen molar-refractivity contribution in [3.05, 3.63) is 40.5 Å². The van der Waals surface area contributed by atoms with Crippen LogP contribution in [0.1, 0.15) is 19.0 Å². The molecule has 0 radical (unpaired) electrons. The third-order valence-electron chi connectivity index (χ3n) is 2.73. The molecule has 0 atom stereocenters. The van der Waals surface area contributed by atoms with E-state index in [1.807, 2.05) is 13.8 Å². The number of rotatable bonds is 5. The Hall–Kier alpha value is -2.57. The zero-order valence-corrected chi connectivity index (χ0v) is 11.3. The van der Waals surface area contributed by atoms with Gasteiger partial charge in [-0.15, -0.1) is 0 Å². The van der Waals surface area contributed by atoms with Crippen LogP contribution in [0, 0.1) is 17.0 Å². The van der Waals surface area contributed by atoms with E-state index in [-0.39, 0.29) is 17.2 Å². The molecule has 2 aromatic rings. The van der Waals surface area contributed by atoms with Crippen molar-refractivity contribution in [3.63, 3.8) is 0 Å². The van der Waals surface area contributed by atoms with Crippen molar-refractivity contribution in [2.75, 3.05) is 11.9 Å². The van der Waals surface area contributed by atoms with E-state index in [9.17, 15) is 10.1 Å². The second-order valence-electron chi connectivity index (χ2n) is 4.29. The van der Waals surface area contributed by atoms with Crippen LogP contribution in [0.2, 0.25) is 0 Å². The van der Waals surface area contributed by atoms with Gasteiger partial charge in [0, 0.05) is 24.0 Å². The van der Waals surface area contributed by atoms with Crippen LogP contribution in [-0.4, -0.2) is 26.4 Å². The minimum absolute atomic E-state index is 0.119. The highest BCUT2D eigenvalue weighted by molar-refractivity contribution is 5.76. The fourth-order valence-corrected chi connectivity index (χ4v) is 1.74. The smallest absolute Gasteiger partial charge is 0.337 e. The molecular formula is C13H15N5O2. The van der Waals surface area contributed by atoms with Crippen molar-refractivity contribution in [2.24, 2.45) is 0 Å². The molecule has 0 saturated carbocycles. The summed E-state index contributed by atoms with van der Waals surface area (Å²) in [6.07, 6.45) is 3.75. The Morgan fingerprint density at radius 1 is 1.30 bits per heavy atom. The molecule has 0 amide bonds. The fourth-order valence-electron chi connectivity index (χ4n) is 1.74. The first-order valence-electron chi connectivity index (χ1n) is 6.29. The molecule has 2 heterocycles. The van der Waals surface area contributed by atoms with Gasteiger partial charge in [0.1, 0.15) is 6.33 Å². The maximum absolute atomic E-state index is 11.3. The summed E-state index contributed by atoms with van der Waals surface area (Å²) >= 11 is 0. The first-order chi connectivity index (χ1) is 9.63. The lowest BCUT2D eigenvalue weighted by Gasteiger charge is -2.07. The van der Waals surface area contributed by atoms with Gasteiger partial charge in [0.05, 0.1) is 4.92 Å². The van der Waals surface area contributed by atoms with Crippen molar-refractivity contribution in [1.29, 1.82) is 0 Å². The van der Waals surface area contributed by atoms with Crippen LogP contribution in [0.5, 0.6) is 0 Å². The molecule has 0 aromatic carbocycles. The Bertz CT molecular complexity index is 613. The summed E-state index contributed by atoms with van der Waals surface area (Å²) in [4.78, 5) is 23.0. The van der Waals surface area contributed by atoms with E-state index in [4.69, 9.17) is 0 Å². The standard InChI is InChI=1S/C13H15N5O2/c1-3-6-14-13-12(18(19)20)11(16-8-17-13)10-5-4-9(2)15-7-10/h4-5,7-8H,3,6H2,1-2H3,(H,14,16,17). The van der Waals surface area contributed by atoms with Gasteiger partial charge in [0.2, 0.25) is 5.82 Å². The number of hydrogen-bond acceptors (Lipinski definition) is 6. The van der Waals surface area contributed by atoms with Crippen molar-refractivity contribution >= 4 is 11.5 Å². The van der Waals surface area contributed by atoms with E-state index in [0.29, 0.717) is 12.1 Å². The molecule has 0 bridgehead atoms. The number of nitro groups is 1. The van der Waals surface area contributed by atoms with Crippen LogP contribution in [0.25, 0.3) is 11.3 Å². The maximum Gasteiger partial charge on any atom is 0.337 e. The number of aromatic nitrogens is 3. The highest BCUT2D eigenvalue weighted by atomic mass is 16.6. The average Bonchev–Trinajstić information content (AvgIpc) is 2.45. The van der Waals surface area contributed by atoms with Gasteiger partial charge < -0.3 is 5.32 Å². The largest absolute Gasteiger partial charge is 0.364 e. The molecule has 0 aliphatic rings. The predicted molar refractivity (Wildman–Crippen MR) is 75.4 cm³/mol. The molecule has 2 rings (SSSR count). The normalized spacial score (nSPS) is 10.3. The number of aryl methyl sites for hydroxylation is 1. The number of pyridine rings is 1. The van der Waals surface area contributed by atoms with Crippen LogP contribution < -0.4 is 5.32 Å². The van der Waals surface area contributed by atoms with Crippen molar-refractivity contribution in [2.45, 2.75) is 20.3 Å². The molecule has 0 aliphatic carbocycles. The molecule has 104 valence electrons. The molecule has 0 aliphatic heterocycles. The van der Waals surface area contributed by atoms with Crippen LogP contribution in [0.15, 0.2) is 24.7 Å². The summed E-state index contributed by atoms with van der Waals surface area (Å²) < 4.78 is 0. The third-order valence-corrected chi connectivity index (χ3v) is 2.73. The SMILES string of the molecule is CCCNc1ncnc(-c2ccc(C)nc2)c1[N+](=O)[O-]. The number of hydrogen-bond donors (Lipinski definition) is 1. The van der Waals surface area contributed by atoms with Crippen molar-refractivity contribution in [3.8, 4) is 11.3 Å². The summed E-state index contributed by atoms with van der Waals surface area (Å²) in [5.74, 6) is 0.238. The van der Waals surface area contributed by atoms with E-state index in [2.05, 4.69) is 20.3 Å². The van der Waals surface area contributed by atoms with Crippen LogP contribution in [0.4, 0.5) is 11.5 Å². The summed E-state index contributed by atoms with van der Waals surface area (Å²) in [6.45, 7) is 4.45. The van der Waals surface area contributed by atoms with Gasteiger partial charge in [0.15, 0.2) is 5.69 Å². The summed E-state index contributed by atoms with van der Waals surface area (Å²) in [6, 6.07) is 3.56. The second kappa shape index (κ2) is 6.05. The second-order valence-corrected chi connectivity index (χ2v) is 4.29. The molecule has 7 heteroatoms. The predicted octanol–water partition coefficient (Wildman–Crippen LogP) is 2.58. The van der Waals surface area contributed by atoms with E-state index < -0.39 is 4.92 Å². The summed E-state index contributed by atoms with van der Waals surface area (Å²) in [5, 5.41) is 14.3. The monoisotopic (exact) mass is 273 g/mol. The number of anilines is 1. The lowest BCUT2D eigenvalue weighted by Crippen LogP contribution is -2.07. The molecule has 1 N–H and O–H groups in total.